The number of aromatic nitrogens is 3. The summed E-state index contributed by atoms with van der Waals surface area (Å²) in [4.78, 5) is 39.0. The van der Waals surface area contributed by atoms with Crippen molar-refractivity contribution in [1.82, 2.24) is 25.2 Å². The molecule has 2 heterocycles. The van der Waals surface area contributed by atoms with Crippen molar-refractivity contribution in [1.29, 1.82) is 0 Å². The Balaban J connectivity index is 1.28. The fraction of sp³-hybridized carbons (Fsp3) is 0.531. The number of nitrogens with one attached hydrogen (secondary N) is 2. The van der Waals surface area contributed by atoms with Gasteiger partial charge in [-0.2, -0.15) is 0 Å². The molecule has 3 aromatic rings. The molecule has 2 aliphatic carbocycles. The molecule has 2 aliphatic rings. The van der Waals surface area contributed by atoms with Gasteiger partial charge in [0.1, 0.15) is 17.8 Å². The van der Waals surface area contributed by atoms with Gasteiger partial charge in [0, 0.05) is 43.5 Å². The molecule has 5 rings (SSSR count). The van der Waals surface area contributed by atoms with E-state index in [0.717, 1.165) is 44.3 Å². The molecule has 0 saturated heterocycles. The highest BCUT2D eigenvalue weighted by atomic mass is 16.6. The number of amides is 1. The second-order valence-electron chi connectivity index (χ2n) is 11.6. The average Bonchev–Trinajstić information content (AvgIpc) is 3.54. The van der Waals surface area contributed by atoms with Crippen LogP contribution in [-0.2, 0) is 17.9 Å². The van der Waals surface area contributed by atoms with Gasteiger partial charge in [-0.3, -0.25) is 14.9 Å². The lowest BCUT2D eigenvalue weighted by Crippen LogP contribution is -2.43. The van der Waals surface area contributed by atoms with E-state index in [1.807, 2.05) is 35.2 Å². The summed E-state index contributed by atoms with van der Waals surface area (Å²) in [6.07, 6.45) is 17.3. The number of nitrogens with zero attached hydrogens (tertiary/aromatic N) is 4. The van der Waals surface area contributed by atoms with Crippen molar-refractivity contribution in [3.05, 3.63) is 76.5 Å². The Morgan fingerprint density at radius 3 is 2.50 bits per heavy atom. The number of imidazole rings is 1. The molecule has 0 radical (unpaired) electrons. The number of H-pyrrole nitrogens is 1. The lowest BCUT2D eigenvalue weighted by molar-refractivity contribution is -0.386. The number of hydrogen-bond acceptors (Lipinski definition) is 7. The zero-order valence-electron chi connectivity index (χ0n) is 24.2. The van der Waals surface area contributed by atoms with Crippen molar-refractivity contribution in [2.75, 3.05) is 0 Å². The summed E-state index contributed by atoms with van der Waals surface area (Å²) < 4.78 is 5.86. The highest BCUT2D eigenvalue weighted by molar-refractivity contribution is 5.76. The number of carbonyl (C=O) groups is 1. The van der Waals surface area contributed by atoms with Crippen molar-refractivity contribution in [3.63, 3.8) is 0 Å². The van der Waals surface area contributed by atoms with E-state index in [1.54, 1.807) is 18.5 Å². The van der Waals surface area contributed by atoms with Crippen molar-refractivity contribution >= 4 is 11.6 Å². The molecule has 10 nitrogen and oxygen atoms in total. The minimum absolute atomic E-state index is 0.0386. The maximum Gasteiger partial charge on any atom is 0.292 e. The first-order valence-corrected chi connectivity index (χ1v) is 15.4. The predicted molar refractivity (Wildman–Crippen MR) is 160 cm³/mol. The summed E-state index contributed by atoms with van der Waals surface area (Å²) in [7, 11) is 0. The van der Waals surface area contributed by atoms with Gasteiger partial charge in [-0.25, -0.2) is 9.97 Å². The van der Waals surface area contributed by atoms with Crippen LogP contribution in [0.4, 0.5) is 5.69 Å². The Bertz CT molecular complexity index is 1270. The van der Waals surface area contributed by atoms with Crippen LogP contribution in [0.2, 0.25) is 0 Å². The number of carbonyl (C=O) groups excluding carboxylic acids is 1. The fourth-order valence-corrected chi connectivity index (χ4v) is 6.50. The zero-order chi connectivity index (χ0) is 29.1. The maximum absolute atomic E-state index is 13.7. The van der Waals surface area contributed by atoms with Crippen molar-refractivity contribution < 1.29 is 14.5 Å². The number of nitro groups is 1. The number of ether oxygens (including phenoxy) is 1. The Labute approximate surface area is 247 Å². The summed E-state index contributed by atoms with van der Waals surface area (Å²) in [5.41, 5.74) is 0.484. The molecule has 0 spiro atoms. The Hall–Kier alpha value is -3.79. The summed E-state index contributed by atoms with van der Waals surface area (Å²) in [5, 5.41) is 15.5. The van der Waals surface area contributed by atoms with Crippen LogP contribution in [0.1, 0.15) is 88.4 Å². The molecule has 0 bridgehead atoms. The molecular weight excluding hydrogens is 532 g/mol. The SMILES string of the molecule is O=C(CC[C@H](NCc1cc(Oc2ccccc2)ncc1[N+](=O)[O-])C1CCCCC1)N(Cc1ncc[nH]1)C1CCCCC1. The lowest BCUT2D eigenvalue weighted by atomic mass is 9.82. The van der Waals surface area contributed by atoms with E-state index in [4.69, 9.17) is 4.74 Å². The summed E-state index contributed by atoms with van der Waals surface area (Å²) >= 11 is 0. The minimum atomic E-state index is -0.397. The molecule has 2 aromatic heterocycles. The van der Waals surface area contributed by atoms with Crippen LogP contribution in [0.15, 0.2) is 55.0 Å². The van der Waals surface area contributed by atoms with E-state index < -0.39 is 4.92 Å². The quantitative estimate of drug-likeness (QED) is 0.172. The lowest BCUT2D eigenvalue weighted by Gasteiger charge is -2.35. The van der Waals surface area contributed by atoms with Gasteiger partial charge in [0.05, 0.1) is 17.0 Å². The van der Waals surface area contributed by atoms with Crippen molar-refractivity contribution in [3.8, 4) is 11.6 Å². The summed E-state index contributed by atoms with van der Waals surface area (Å²) in [6, 6.07) is 11.2. The molecule has 2 saturated carbocycles. The van der Waals surface area contributed by atoms with Crippen molar-refractivity contribution in [2.24, 2.45) is 5.92 Å². The van der Waals surface area contributed by atoms with Crippen LogP contribution < -0.4 is 10.1 Å². The van der Waals surface area contributed by atoms with Crippen LogP contribution in [0.25, 0.3) is 0 Å². The Morgan fingerprint density at radius 1 is 1.07 bits per heavy atom. The average molecular weight is 575 g/mol. The van der Waals surface area contributed by atoms with Gasteiger partial charge in [-0.15, -0.1) is 0 Å². The molecule has 1 amide bonds. The van der Waals surface area contributed by atoms with Crippen LogP contribution in [0.3, 0.4) is 0 Å². The Kier molecular flexibility index (Phi) is 10.5. The molecule has 224 valence electrons. The molecule has 1 atom stereocenters. The van der Waals surface area contributed by atoms with Gasteiger partial charge in [-0.05, 0) is 50.2 Å². The first-order chi connectivity index (χ1) is 20.6. The molecule has 2 fully saturated rings. The van der Waals surface area contributed by atoms with Gasteiger partial charge in [-0.1, -0.05) is 56.7 Å². The number of rotatable bonds is 13. The van der Waals surface area contributed by atoms with Gasteiger partial charge in [0.25, 0.3) is 5.69 Å². The fourth-order valence-electron chi connectivity index (χ4n) is 6.50. The standard InChI is InChI=1S/C32H42N6O4/c39-32(37(23-30-33-18-19-34-30)26-12-6-2-7-13-26)17-16-28(24-10-4-1-5-11-24)35-21-25-20-31(36-22-29(25)38(40)41)42-27-14-8-3-9-15-27/h3,8-9,14-15,18-20,22,24,26,28,35H,1-2,4-7,10-13,16-17,21,23H2,(H,33,34)/t28-/m0/s1. The van der Waals surface area contributed by atoms with Gasteiger partial charge in [0.2, 0.25) is 11.8 Å². The molecule has 1 aromatic carbocycles. The van der Waals surface area contributed by atoms with E-state index in [-0.39, 0.29) is 23.7 Å². The van der Waals surface area contributed by atoms with Crippen LogP contribution in [0, 0.1) is 16.0 Å². The predicted octanol–water partition coefficient (Wildman–Crippen LogP) is 6.69. The second-order valence-corrected chi connectivity index (χ2v) is 11.6. The molecule has 42 heavy (non-hydrogen) atoms. The van der Waals surface area contributed by atoms with Gasteiger partial charge >= 0.3 is 0 Å². The smallest absolute Gasteiger partial charge is 0.292 e. The van der Waals surface area contributed by atoms with Crippen LogP contribution in [-0.4, -0.2) is 42.8 Å². The number of pyridine rings is 1. The molecule has 2 N–H and O–H groups in total. The monoisotopic (exact) mass is 574 g/mol. The first kappa shape index (κ1) is 29.7. The third-order valence-electron chi connectivity index (χ3n) is 8.76. The molecule has 0 aliphatic heterocycles. The van der Waals surface area contributed by atoms with Crippen LogP contribution >= 0.6 is 0 Å². The number of hydrogen-bond donors (Lipinski definition) is 2. The first-order valence-electron chi connectivity index (χ1n) is 15.4. The van der Waals surface area contributed by atoms with Gasteiger partial charge < -0.3 is 19.9 Å². The van der Waals surface area contributed by atoms with E-state index >= 15 is 0 Å². The maximum atomic E-state index is 13.7. The van der Waals surface area contributed by atoms with Gasteiger partial charge in [0.15, 0.2) is 0 Å². The third-order valence-corrected chi connectivity index (χ3v) is 8.76. The Morgan fingerprint density at radius 2 is 1.81 bits per heavy atom. The zero-order valence-corrected chi connectivity index (χ0v) is 24.2. The molecule has 0 unspecified atom stereocenters. The molecule has 10 heteroatoms. The summed E-state index contributed by atoms with van der Waals surface area (Å²) in [6.45, 7) is 0.809. The van der Waals surface area contributed by atoms with E-state index in [9.17, 15) is 14.9 Å². The number of para-hydroxylation sites is 1. The van der Waals surface area contributed by atoms with Crippen molar-refractivity contribution in [2.45, 2.75) is 102 Å². The largest absolute Gasteiger partial charge is 0.439 e. The van der Waals surface area contributed by atoms with Crippen LogP contribution in [0.5, 0.6) is 11.6 Å². The van der Waals surface area contributed by atoms with E-state index in [0.29, 0.717) is 49.0 Å². The second kappa shape index (κ2) is 14.9. The van der Waals surface area contributed by atoms with E-state index in [2.05, 4.69) is 20.3 Å². The van der Waals surface area contributed by atoms with E-state index in [1.165, 1.54) is 31.9 Å². The third kappa shape index (κ3) is 8.15. The normalized spacial score (nSPS) is 17.0. The highest BCUT2D eigenvalue weighted by Gasteiger charge is 2.29. The number of benzene rings is 1. The number of aromatic amines is 1. The topological polar surface area (TPSA) is 126 Å². The highest BCUT2D eigenvalue weighted by Crippen LogP contribution is 2.31. The molecular formula is C32H42N6O4. The minimum Gasteiger partial charge on any atom is -0.439 e. The summed E-state index contributed by atoms with van der Waals surface area (Å²) in [5.74, 6) is 2.34.